The van der Waals surface area contributed by atoms with Crippen LogP contribution in [0.4, 0.5) is 11.4 Å². The number of ether oxygens (including phenoxy) is 1. The average Bonchev–Trinajstić information content (AvgIpc) is 3.35. The van der Waals surface area contributed by atoms with Crippen LogP contribution in [0.5, 0.6) is 0 Å². The SMILES string of the molecule is Cc1ccc(C(=O)Nc2cccc(COCc3ccco3)c2)cc1NC(=O)c1ccccc1. The van der Waals surface area contributed by atoms with E-state index in [4.69, 9.17) is 9.15 Å². The van der Waals surface area contributed by atoms with Gasteiger partial charge in [0, 0.05) is 22.5 Å². The van der Waals surface area contributed by atoms with Crippen molar-refractivity contribution in [1.82, 2.24) is 0 Å². The second-order valence-electron chi connectivity index (χ2n) is 7.58. The van der Waals surface area contributed by atoms with Crippen LogP contribution < -0.4 is 10.6 Å². The summed E-state index contributed by atoms with van der Waals surface area (Å²) in [7, 11) is 0. The highest BCUT2D eigenvalue weighted by atomic mass is 16.5. The lowest BCUT2D eigenvalue weighted by molar-refractivity contribution is 0.0929. The van der Waals surface area contributed by atoms with Gasteiger partial charge in [-0.05, 0) is 66.6 Å². The fourth-order valence-corrected chi connectivity index (χ4v) is 3.29. The zero-order valence-corrected chi connectivity index (χ0v) is 18.2. The van der Waals surface area contributed by atoms with Crippen molar-refractivity contribution in [2.75, 3.05) is 10.6 Å². The molecule has 166 valence electrons. The molecule has 3 aromatic carbocycles. The first kappa shape index (κ1) is 22.0. The Morgan fingerprint density at radius 1 is 0.788 bits per heavy atom. The summed E-state index contributed by atoms with van der Waals surface area (Å²) < 4.78 is 10.9. The number of hydrogen-bond acceptors (Lipinski definition) is 4. The summed E-state index contributed by atoms with van der Waals surface area (Å²) in [5.41, 5.74) is 4.05. The Hall–Kier alpha value is -4.16. The molecule has 0 aliphatic rings. The lowest BCUT2D eigenvalue weighted by Gasteiger charge is -2.12. The highest BCUT2D eigenvalue weighted by Gasteiger charge is 2.12. The number of carbonyl (C=O) groups is 2. The van der Waals surface area contributed by atoms with E-state index in [9.17, 15) is 9.59 Å². The maximum atomic E-state index is 12.8. The van der Waals surface area contributed by atoms with Crippen LogP contribution in [0.15, 0.2) is 95.6 Å². The van der Waals surface area contributed by atoms with Gasteiger partial charge in [0.2, 0.25) is 0 Å². The maximum Gasteiger partial charge on any atom is 0.255 e. The smallest absolute Gasteiger partial charge is 0.255 e. The van der Waals surface area contributed by atoms with Gasteiger partial charge in [0.05, 0.1) is 12.9 Å². The van der Waals surface area contributed by atoms with Crippen molar-refractivity contribution in [2.45, 2.75) is 20.1 Å². The third-order valence-electron chi connectivity index (χ3n) is 5.06. The van der Waals surface area contributed by atoms with Crippen molar-refractivity contribution >= 4 is 23.2 Å². The van der Waals surface area contributed by atoms with Crippen LogP contribution in [-0.2, 0) is 18.0 Å². The predicted molar refractivity (Wildman–Crippen MR) is 127 cm³/mol. The summed E-state index contributed by atoms with van der Waals surface area (Å²) in [6, 6.07) is 25.3. The van der Waals surface area contributed by atoms with Crippen LogP contribution in [0.2, 0.25) is 0 Å². The van der Waals surface area contributed by atoms with Crippen LogP contribution >= 0.6 is 0 Å². The second-order valence-corrected chi connectivity index (χ2v) is 7.58. The molecule has 2 amide bonds. The molecule has 0 radical (unpaired) electrons. The number of anilines is 2. The quantitative estimate of drug-likeness (QED) is 0.362. The molecule has 0 aliphatic carbocycles. The molecule has 0 bridgehead atoms. The third kappa shape index (κ3) is 5.96. The number of nitrogens with one attached hydrogen (secondary N) is 2. The third-order valence-corrected chi connectivity index (χ3v) is 5.06. The molecule has 6 heteroatoms. The molecule has 0 spiro atoms. The zero-order chi connectivity index (χ0) is 23.0. The molecule has 6 nitrogen and oxygen atoms in total. The van der Waals surface area contributed by atoms with Gasteiger partial charge < -0.3 is 19.8 Å². The Morgan fingerprint density at radius 2 is 1.61 bits per heavy atom. The minimum Gasteiger partial charge on any atom is -0.467 e. The maximum absolute atomic E-state index is 12.8. The van der Waals surface area contributed by atoms with Crippen LogP contribution in [0.25, 0.3) is 0 Å². The molecule has 4 aromatic rings. The number of amides is 2. The van der Waals surface area contributed by atoms with Gasteiger partial charge in [-0.3, -0.25) is 9.59 Å². The monoisotopic (exact) mass is 440 g/mol. The standard InChI is InChI=1S/C27H24N2O4/c1-19-12-13-22(16-25(19)29-26(30)21-8-3-2-4-9-21)27(31)28-23-10-5-7-20(15-23)17-32-18-24-11-6-14-33-24/h2-16H,17-18H2,1H3,(H,28,31)(H,29,30). The lowest BCUT2D eigenvalue weighted by atomic mass is 10.1. The molecule has 0 saturated carbocycles. The van der Waals surface area contributed by atoms with E-state index >= 15 is 0 Å². The number of aryl methyl sites for hydroxylation is 1. The Morgan fingerprint density at radius 3 is 2.39 bits per heavy atom. The van der Waals surface area contributed by atoms with E-state index in [1.54, 1.807) is 30.5 Å². The van der Waals surface area contributed by atoms with E-state index in [-0.39, 0.29) is 11.8 Å². The van der Waals surface area contributed by atoms with Crippen molar-refractivity contribution in [3.8, 4) is 0 Å². The van der Waals surface area contributed by atoms with Crippen molar-refractivity contribution in [2.24, 2.45) is 0 Å². The van der Waals surface area contributed by atoms with E-state index in [0.29, 0.717) is 35.7 Å². The molecule has 0 saturated heterocycles. The number of hydrogen-bond donors (Lipinski definition) is 2. The normalized spacial score (nSPS) is 10.6. The number of furan rings is 1. The largest absolute Gasteiger partial charge is 0.467 e. The number of carbonyl (C=O) groups excluding carboxylic acids is 2. The number of rotatable bonds is 8. The molecular formula is C27H24N2O4. The minimum absolute atomic E-state index is 0.224. The Labute approximate surface area is 192 Å². The van der Waals surface area contributed by atoms with Crippen molar-refractivity contribution in [3.05, 3.63) is 119 Å². The summed E-state index contributed by atoms with van der Waals surface area (Å²) >= 11 is 0. The van der Waals surface area contributed by atoms with Gasteiger partial charge in [0.15, 0.2) is 0 Å². The van der Waals surface area contributed by atoms with Gasteiger partial charge in [0.25, 0.3) is 11.8 Å². The first-order chi connectivity index (χ1) is 16.1. The topological polar surface area (TPSA) is 80.6 Å². The molecule has 0 fully saturated rings. The van der Waals surface area contributed by atoms with Crippen molar-refractivity contribution < 1.29 is 18.7 Å². The summed E-state index contributed by atoms with van der Waals surface area (Å²) in [5, 5.41) is 5.79. The van der Waals surface area contributed by atoms with Gasteiger partial charge in [0.1, 0.15) is 12.4 Å². The van der Waals surface area contributed by atoms with Gasteiger partial charge in [-0.15, -0.1) is 0 Å². The molecule has 2 N–H and O–H groups in total. The van der Waals surface area contributed by atoms with Crippen LogP contribution in [-0.4, -0.2) is 11.8 Å². The van der Waals surface area contributed by atoms with E-state index in [2.05, 4.69) is 10.6 Å². The zero-order valence-electron chi connectivity index (χ0n) is 18.2. The summed E-state index contributed by atoms with van der Waals surface area (Å²) in [5.74, 6) is 0.270. The van der Waals surface area contributed by atoms with Crippen molar-refractivity contribution in [3.63, 3.8) is 0 Å². The van der Waals surface area contributed by atoms with Gasteiger partial charge >= 0.3 is 0 Å². The van der Waals surface area contributed by atoms with E-state index in [1.807, 2.05) is 67.6 Å². The van der Waals surface area contributed by atoms with Crippen LogP contribution in [0.1, 0.15) is 37.6 Å². The van der Waals surface area contributed by atoms with Gasteiger partial charge in [-0.2, -0.15) is 0 Å². The molecule has 1 heterocycles. The van der Waals surface area contributed by atoms with Crippen LogP contribution in [0.3, 0.4) is 0 Å². The number of benzene rings is 3. The fourth-order valence-electron chi connectivity index (χ4n) is 3.29. The fraction of sp³-hybridized carbons (Fsp3) is 0.111. The Balaban J connectivity index is 1.40. The first-order valence-corrected chi connectivity index (χ1v) is 10.6. The molecular weight excluding hydrogens is 416 g/mol. The van der Waals surface area contributed by atoms with Gasteiger partial charge in [-0.1, -0.05) is 36.4 Å². The Bertz CT molecular complexity index is 1230. The minimum atomic E-state index is -0.265. The van der Waals surface area contributed by atoms with Crippen molar-refractivity contribution in [1.29, 1.82) is 0 Å². The predicted octanol–water partition coefficient (Wildman–Crippen LogP) is 5.81. The second kappa shape index (κ2) is 10.4. The van der Waals surface area contributed by atoms with E-state index in [0.717, 1.165) is 16.9 Å². The molecule has 1 aromatic heterocycles. The molecule has 0 unspecified atom stereocenters. The summed E-state index contributed by atoms with van der Waals surface area (Å²) in [6.07, 6.45) is 1.61. The highest BCUT2D eigenvalue weighted by molar-refractivity contribution is 6.07. The molecule has 33 heavy (non-hydrogen) atoms. The Kier molecular flexibility index (Phi) is 6.97. The summed E-state index contributed by atoms with van der Waals surface area (Å²) in [6.45, 7) is 2.66. The molecule has 4 rings (SSSR count). The van der Waals surface area contributed by atoms with E-state index < -0.39 is 0 Å². The van der Waals surface area contributed by atoms with E-state index in [1.165, 1.54) is 0 Å². The van der Waals surface area contributed by atoms with Crippen LogP contribution in [0, 0.1) is 6.92 Å². The molecule has 0 atom stereocenters. The summed E-state index contributed by atoms with van der Waals surface area (Å²) in [4.78, 5) is 25.4. The highest BCUT2D eigenvalue weighted by Crippen LogP contribution is 2.20. The molecule has 0 aliphatic heterocycles. The van der Waals surface area contributed by atoms with Gasteiger partial charge in [-0.25, -0.2) is 0 Å². The lowest BCUT2D eigenvalue weighted by Crippen LogP contribution is -2.15. The average molecular weight is 440 g/mol. The first-order valence-electron chi connectivity index (χ1n) is 10.6.